The molecule has 1 unspecified atom stereocenters. The lowest BCUT2D eigenvalue weighted by molar-refractivity contribution is 0.0935. The maximum absolute atomic E-state index is 12.0. The summed E-state index contributed by atoms with van der Waals surface area (Å²) < 4.78 is 5.45. The number of nitrogens with zero attached hydrogens (tertiary/aromatic N) is 1. The Morgan fingerprint density at radius 3 is 2.47 bits per heavy atom. The van der Waals surface area contributed by atoms with Gasteiger partial charge in [-0.3, -0.25) is 4.79 Å². The topological polar surface area (TPSA) is 55.1 Å². The highest BCUT2D eigenvalue weighted by Gasteiger charge is 2.15. The summed E-state index contributed by atoms with van der Waals surface area (Å²) in [6.45, 7) is 3.68. The molecular formula is C13H12Cl2N2O2. The fourth-order valence-corrected chi connectivity index (χ4v) is 2.09. The largest absolute Gasteiger partial charge is 0.464 e. The van der Waals surface area contributed by atoms with Crippen LogP contribution in [0.15, 0.2) is 28.7 Å². The van der Waals surface area contributed by atoms with E-state index in [1.165, 1.54) is 12.1 Å². The average Bonchev–Trinajstić information content (AvgIpc) is 2.74. The second-order valence-electron chi connectivity index (χ2n) is 4.14. The summed E-state index contributed by atoms with van der Waals surface area (Å²) in [6.07, 6.45) is 0. The summed E-state index contributed by atoms with van der Waals surface area (Å²) in [6, 6.07) is 6.35. The number of aromatic nitrogens is 1. The number of furan rings is 1. The van der Waals surface area contributed by atoms with Crippen molar-refractivity contribution in [2.24, 2.45) is 0 Å². The molecule has 0 aliphatic carbocycles. The minimum absolute atomic E-state index is 0.180. The molecule has 0 saturated heterocycles. The van der Waals surface area contributed by atoms with Crippen molar-refractivity contribution < 1.29 is 9.21 Å². The number of hydrogen-bond donors (Lipinski definition) is 1. The molecule has 0 radical (unpaired) electrons. The van der Waals surface area contributed by atoms with Gasteiger partial charge in [-0.05, 0) is 38.1 Å². The highest BCUT2D eigenvalue weighted by Crippen LogP contribution is 2.18. The van der Waals surface area contributed by atoms with E-state index in [1.807, 2.05) is 26.0 Å². The smallest absolute Gasteiger partial charge is 0.252 e. The van der Waals surface area contributed by atoms with E-state index in [0.29, 0.717) is 11.3 Å². The summed E-state index contributed by atoms with van der Waals surface area (Å²) in [5.74, 6) is 1.20. The van der Waals surface area contributed by atoms with Gasteiger partial charge in [-0.15, -0.1) is 0 Å². The molecule has 4 nitrogen and oxygen atoms in total. The van der Waals surface area contributed by atoms with Crippen LogP contribution in [0.3, 0.4) is 0 Å². The first-order chi connectivity index (χ1) is 8.95. The molecule has 6 heteroatoms. The maximum atomic E-state index is 12.0. The number of carbonyl (C=O) groups is 1. The second kappa shape index (κ2) is 5.63. The molecule has 0 aliphatic rings. The molecule has 2 heterocycles. The summed E-state index contributed by atoms with van der Waals surface area (Å²) >= 11 is 11.5. The summed E-state index contributed by atoms with van der Waals surface area (Å²) in [5.41, 5.74) is 0.361. The molecule has 0 saturated carbocycles. The van der Waals surface area contributed by atoms with Gasteiger partial charge in [0.15, 0.2) is 0 Å². The fraction of sp³-hybridized carbons (Fsp3) is 0.231. The van der Waals surface area contributed by atoms with Crippen molar-refractivity contribution in [3.8, 4) is 0 Å². The van der Waals surface area contributed by atoms with Crippen molar-refractivity contribution in [1.29, 1.82) is 0 Å². The van der Waals surface area contributed by atoms with Crippen LogP contribution < -0.4 is 5.32 Å². The van der Waals surface area contributed by atoms with E-state index in [1.54, 1.807) is 0 Å². The van der Waals surface area contributed by atoms with E-state index in [0.717, 1.165) is 5.76 Å². The predicted molar refractivity (Wildman–Crippen MR) is 73.6 cm³/mol. The number of pyridine rings is 1. The molecule has 2 rings (SSSR count). The molecule has 0 spiro atoms. The number of nitrogens with one attached hydrogen (secondary N) is 1. The van der Waals surface area contributed by atoms with Gasteiger partial charge in [0.1, 0.15) is 21.8 Å². The highest BCUT2D eigenvalue weighted by molar-refractivity contribution is 6.33. The molecule has 100 valence electrons. The van der Waals surface area contributed by atoms with E-state index in [4.69, 9.17) is 27.6 Å². The van der Waals surface area contributed by atoms with Crippen molar-refractivity contribution in [3.63, 3.8) is 0 Å². The Morgan fingerprint density at radius 2 is 1.95 bits per heavy atom. The van der Waals surface area contributed by atoms with Gasteiger partial charge in [0.2, 0.25) is 0 Å². The van der Waals surface area contributed by atoms with Crippen LogP contribution >= 0.6 is 23.2 Å². The molecule has 0 fully saturated rings. The Bertz CT molecular complexity index is 590. The van der Waals surface area contributed by atoms with E-state index < -0.39 is 0 Å². The summed E-state index contributed by atoms with van der Waals surface area (Å²) in [7, 11) is 0. The Labute approximate surface area is 120 Å². The van der Waals surface area contributed by atoms with E-state index in [-0.39, 0.29) is 22.3 Å². The molecule has 0 aromatic carbocycles. The Hall–Kier alpha value is -1.52. The Morgan fingerprint density at radius 1 is 1.32 bits per heavy atom. The molecule has 1 amide bonds. The Balaban J connectivity index is 2.12. The van der Waals surface area contributed by atoms with Gasteiger partial charge < -0.3 is 9.73 Å². The lowest BCUT2D eigenvalue weighted by Crippen LogP contribution is -2.26. The minimum Gasteiger partial charge on any atom is -0.464 e. The van der Waals surface area contributed by atoms with Gasteiger partial charge in [-0.1, -0.05) is 23.2 Å². The van der Waals surface area contributed by atoms with Gasteiger partial charge in [0.25, 0.3) is 5.91 Å². The lowest BCUT2D eigenvalue weighted by Gasteiger charge is -2.11. The van der Waals surface area contributed by atoms with E-state index in [9.17, 15) is 4.79 Å². The molecule has 1 N–H and O–H groups in total. The van der Waals surface area contributed by atoms with Crippen LogP contribution in [0.25, 0.3) is 0 Å². The highest BCUT2D eigenvalue weighted by atomic mass is 35.5. The molecule has 2 aromatic rings. The van der Waals surface area contributed by atoms with Crippen LogP contribution in [0.1, 0.15) is 34.8 Å². The molecule has 19 heavy (non-hydrogen) atoms. The number of rotatable bonds is 3. The van der Waals surface area contributed by atoms with Gasteiger partial charge in [-0.25, -0.2) is 4.98 Å². The van der Waals surface area contributed by atoms with Gasteiger partial charge in [0, 0.05) is 5.56 Å². The van der Waals surface area contributed by atoms with Crippen molar-refractivity contribution in [2.75, 3.05) is 0 Å². The van der Waals surface area contributed by atoms with E-state index in [2.05, 4.69) is 10.3 Å². The maximum Gasteiger partial charge on any atom is 0.252 e. The van der Waals surface area contributed by atoms with Crippen LogP contribution in [0.5, 0.6) is 0 Å². The number of carbonyl (C=O) groups excluding carboxylic acids is 1. The standard InChI is InChI=1S/C13H12Cl2N2O2/c1-7-3-4-10(19-7)8(2)16-13(18)9-5-11(14)17-12(15)6-9/h3-6,8H,1-2H3,(H,16,18). The molecule has 2 aromatic heterocycles. The van der Waals surface area contributed by atoms with Crippen LogP contribution in [0, 0.1) is 6.92 Å². The first-order valence-corrected chi connectivity index (χ1v) is 6.41. The number of amides is 1. The van der Waals surface area contributed by atoms with Crippen LogP contribution in [-0.4, -0.2) is 10.9 Å². The predicted octanol–water partition coefficient (Wildman–Crippen LogP) is 3.78. The van der Waals surface area contributed by atoms with Crippen LogP contribution in [0.2, 0.25) is 10.3 Å². The molecular weight excluding hydrogens is 287 g/mol. The second-order valence-corrected chi connectivity index (χ2v) is 4.92. The van der Waals surface area contributed by atoms with Gasteiger partial charge >= 0.3 is 0 Å². The number of halogens is 2. The monoisotopic (exact) mass is 298 g/mol. The average molecular weight is 299 g/mol. The molecule has 0 bridgehead atoms. The third kappa shape index (κ3) is 3.49. The zero-order chi connectivity index (χ0) is 14.0. The van der Waals surface area contributed by atoms with Gasteiger partial charge in [0.05, 0.1) is 6.04 Å². The first kappa shape index (κ1) is 13.9. The van der Waals surface area contributed by atoms with Gasteiger partial charge in [-0.2, -0.15) is 0 Å². The van der Waals surface area contributed by atoms with Crippen molar-refractivity contribution >= 4 is 29.1 Å². The zero-order valence-corrected chi connectivity index (χ0v) is 11.9. The third-order valence-corrected chi connectivity index (χ3v) is 2.95. The third-order valence-electron chi connectivity index (χ3n) is 2.56. The molecule has 1 atom stereocenters. The van der Waals surface area contributed by atoms with Crippen molar-refractivity contribution in [3.05, 3.63) is 51.7 Å². The quantitative estimate of drug-likeness (QED) is 0.877. The minimum atomic E-state index is -0.284. The van der Waals surface area contributed by atoms with E-state index >= 15 is 0 Å². The van der Waals surface area contributed by atoms with Crippen molar-refractivity contribution in [2.45, 2.75) is 19.9 Å². The lowest BCUT2D eigenvalue weighted by atomic mass is 10.2. The fourth-order valence-electron chi connectivity index (χ4n) is 1.63. The molecule has 0 aliphatic heterocycles. The van der Waals surface area contributed by atoms with Crippen LogP contribution in [-0.2, 0) is 0 Å². The first-order valence-electron chi connectivity index (χ1n) is 5.66. The number of aryl methyl sites for hydroxylation is 1. The summed E-state index contributed by atoms with van der Waals surface area (Å²) in [4.78, 5) is 15.8. The number of hydrogen-bond acceptors (Lipinski definition) is 3. The summed E-state index contributed by atoms with van der Waals surface area (Å²) in [5, 5.41) is 3.16. The normalized spacial score (nSPS) is 12.2. The van der Waals surface area contributed by atoms with Crippen molar-refractivity contribution in [1.82, 2.24) is 10.3 Å². The Kier molecular flexibility index (Phi) is 4.12. The zero-order valence-electron chi connectivity index (χ0n) is 10.4. The SMILES string of the molecule is Cc1ccc(C(C)NC(=O)c2cc(Cl)nc(Cl)c2)o1. The van der Waals surface area contributed by atoms with Crippen LogP contribution in [0.4, 0.5) is 0 Å².